The molecule has 0 unspecified atom stereocenters. The van der Waals surface area contributed by atoms with Crippen LogP contribution in [0.1, 0.15) is 36.5 Å². The van der Waals surface area contributed by atoms with Gasteiger partial charge in [-0.3, -0.25) is 14.9 Å². The Morgan fingerprint density at radius 3 is 2.47 bits per heavy atom. The van der Waals surface area contributed by atoms with Gasteiger partial charge in [-0.15, -0.1) is 0 Å². The van der Waals surface area contributed by atoms with E-state index in [1.54, 1.807) is 12.1 Å². The number of rotatable bonds is 12. The molecule has 0 saturated carbocycles. The van der Waals surface area contributed by atoms with E-state index in [1.165, 1.54) is 12.1 Å². The van der Waals surface area contributed by atoms with Gasteiger partial charge in [0.2, 0.25) is 11.5 Å². The number of carbonyl (C=O) groups is 2. The van der Waals surface area contributed by atoms with Crippen LogP contribution in [0.4, 0.5) is 16.2 Å². The molecule has 6 N–H and O–H groups in total. The van der Waals surface area contributed by atoms with Crippen LogP contribution in [0.5, 0.6) is 5.75 Å². The summed E-state index contributed by atoms with van der Waals surface area (Å²) in [7, 11) is 0. The Hall–Kier alpha value is -5.01. The maximum absolute atomic E-state index is 12.8. The first-order valence-electron chi connectivity index (χ1n) is 16.9. The van der Waals surface area contributed by atoms with Crippen molar-refractivity contribution in [3.63, 3.8) is 0 Å². The lowest BCUT2D eigenvalue weighted by Crippen LogP contribution is -2.39. The maximum atomic E-state index is 12.8. The predicted octanol–water partition coefficient (Wildman–Crippen LogP) is 6.53. The van der Waals surface area contributed by atoms with Gasteiger partial charge in [-0.1, -0.05) is 60.7 Å². The molecular formula is C39H40BrN5O6. The topological polar surface area (TPSA) is 156 Å². The number of piperidine rings is 1. The zero-order valence-electron chi connectivity index (χ0n) is 27.9. The van der Waals surface area contributed by atoms with Crippen LogP contribution in [0.2, 0.25) is 0 Å². The summed E-state index contributed by atoms with van der Waals surface area (Å²) in [6.45, 7) is 2.78. The van der Waals surface area contributed by atoms with Crippen LogP contribution in [0, 0.1) is 0 Å². The minimum Gasteiger partial charge on any atom is -0.506 e. The third-order valence-corrected chi connectivity index (χ3v) is 9.61. The van der Waals surface area contributed by atoms with Crippen LogP contribution in [-0.4, -0.2) is 64.4 Å². The van der Waals surface area contributed by atoms with Gasteiger partial charge in [0.1, 0.15) is 11.9 Å². The summed E-state index contributed by atoms with van der Waals surface area (Å²) < 4.78 is 6.49. The Kier molecular flexibility index (Phi) is 11.8. The molecule has 6 rings (SSSR count). The van der Waals surface area contributed by atoms with Crippen LogP contribution < -0.4 is 21.5 Å². The minimum atomic E-state index is -0.868. The van der Waals surface area contributed by atoms with Gasteiger partial charge in [0.25, 0.3) is 0 Å². The molecule has 1 aliphatic rings. The number of halogens is 1. The second-order valence-corrected chi connectivity index (χ2v) is 13.4. The standard InChI is InChI=1S/C39H40BrN5O6/c40-31-22-25(23-41-24-35(47)29-11-14-34(46)38-30(29)12-15-36(48)44-38)10-13-33(31)42-37(49)18-21-45-19-16-27(17-20-45)51-39(50)43-32-9-5-4-8-28(32)26-6-2-1-3-7-26/h1-15,22,27,35,41,46-47H,16-21,23-24H2,(H,42,49)(H,43,50)(H,44,48)/t35-/m0/s1. The van der Waals surface area contributed by atoms with Gasteiger partial charge >= 0.3 is 6.09 Å². The number of aromatic hydroxyl groups is 1. The molecule has 0 spiro atoms. The number of hydrogen-bond acceptors (Lipinski definition) is 8. The number of aliphatic hydroxyl groups excluding tert-OH is 1. The number of fused-ring (bicyclic) bond motifs is 1. The Labute approximate surface area is 303 Å². The fourth-order valence-corrected chi connectivity index (χ4v) is 6.78. The van der Waals surface area contributed by atoms with Crippen molar-refractivity contribution in [2.24, 2.45) is 0 Å². The minimum absolute atomic E-state index is 0.0564. The Bertz CT molecular complexity index is 2050. The number of anilines is 2. The van der Waals surface area contributed by atoms with Crippen molar-refractivity contribution in [3.8, 4) is 16.9 Å². The first-order valence-corrected chi connectivity index (χ1v) is 17.7. The number of aliphatic hydroxyl groups is 1. The van der Waals surface area contributed by atoms with Crippen LogP contribution in [0.15, 0.2) is 106 Å². The molecule has 1 saturated heterocycles. The molecular weight excluding hydrogens is 714 g/mol. The number of benzene rings is 4. The molecule has 51 heavy (non-hydrogen) atoms. The highest BCUT2D eigenvalue weighted by Gasteiger charge is 2.23. The van der Waals surface area contributed by atoms with E-state index < -0.39 is 12.2 Å². The van der Waals surface area contributed by atoms with Gasteiger partial charge in [0, 0.05) is 60.6 Å². The van der Waals surface area contributed by atoms with Crippen LogP contribution in [0.3, 0.4) is 0 Å². The van der Waals surface area contributed by atoms with Gasteiger partial charge in [-0.25, -0.2) is 4.79 Å². The quantitative estimate of drug-likeness (QED) is 0.0841. The van der Waals surface area contributed by atoms with Crippen molar-refractivity contribution in [1.82, 2.24) is 15.2 Å². The van der Waals surface area contributed by atoms with Crippen LogP contribution >= 0.6 is 15.9 Å². The molecule has 4 aromatic carbocycles. The zero-order valence-corrected chi connectivity index (χ0v) is 29.5. The highest BCUT2D eigenvalue weighted by Crippen LogP contribution is 2.30. The molecule has 11 nitrogen and oxygen atoms in total. The largest absolute Gasteiger partial charge is 0.506 e. The average molecular weight is 755 g/mol. The van der Waals surface area contributed by atoms with E-state index >= 15 is 0 Å². The van der Waals surface area contributed by atoms with E-state index in [-0.39, 0.29) is 29.9 Å². The number of para-hydroxylation sites is 1. The second kappa shape index (κ2) is 16.8. The average Bonchev–Trinajstić information content (AvgIpc) is 3.13. The fraction of sp³-hybridized carbons (Fsp3) is 0.256. The zero-order chi connectivity index (χ0) is 35.7. The van der Waals surface area contributed by atoms with Crippen molar-refractivity contribution in [2.75, 3.05) is 36.8 Å². The van der Waals surface area contributed by atoms with Crippen molar-refractivity contribution >= 4 is 50.2 Å². The second-order valence-electron chi connectivity index (χ2n) is 12.5. The summed E-state index contributed by atoms with van der Waals surface area (Å²) in [6, 6.07) is 29.2. The molecule has 1 aromatic heterocycles. The molecule has 1 fully saturated rings. The molecule has 2 amide bonds. The van der Waals surface area contributed by atoms with Crippen molar-refractivity contribution in [3.05, 3.63) is 123 Å². The van der Waals surface area contributed by atoms with Gasteiger partial charge in [-0.05, 0) is 75.8 Å². The molecule has 5 aromatic rings. The number of amides is 2. The molecule has 1 atom stereocenters. The van der Waals surface area contributed by atoms with E-state index in [4.69, 9.17) is 4.74 Å². The number of ether oxygens (including phenoxy) is 1. The molecule has 12 heteroatoms. The highest BCUT2D eigenvalue weighted by atomic mass is 79.9. The normalized spacial score (nSPS) is 14.2. The summed E-state index contributed by atoms with van der Waals surface area (Å²) in [6.07, 6.45) is 0.191. The molecule has 0 radical (unpaired) electrons. The lowest BCUT2D eigenvalue weighted by atomic mass is 10.0. The number of nitrogens with zero attached hydrogens (tertiary/aromatic N) is 1. The number of aromatic nitrogens is 1. The summed E-state index contributed by atoms with van der Waals surface area (Å²) in [5.41, 5.74) is 4.81. The third-order valence-electron chi connectivity index (χ3n) is 8.95. The number of hydrogen-bond donors (Lipinski definition) is 6. The number of H-pyrrole nitrogens is 1. The third kappa shape index (κ3) is 9.41. The fourth-order valence-electron chi connectivity index (χ4n) is 6.26. The lowest BCUT2D eigenvalue weighted by Gasteiger charge is -2.31. The molecule has 0 bridgehead atoms. The molecule has 264 valence electrons. The number of phenols is 1. The lowest BCUT2D eigenvalue weighted by molar-refractivity contribution is -0.116. The summed E-state index contributed by atoms with van der Waals surface area (Å²) in [5.74, 6) is -0.152. The van der Waals surface area contributed by atoms with Gasteiger partial charge in [-0.2, -0.15) is 0 Å². The molecule has 0 aliphatic carbocycles. The number of pyridine rings is 1. The van der Waals surface area contributed by atoms with Crippen molar-refractivity contribution in [2.45, 2.75) is 38.0 Å². The number of aromatic amines is 1. The van der Waals surface area contributed by atoms with Crippen LogP contribution in [-0.2, 0) is 16.1 Å². The first-order chi connectivity index (χ1) is 24.7. The Morgan fingerprint density at radius 1 is 0.922 bits per heavy atom. The number of phenolic OH excluding ortho intramolecular Hbond substituents is 1. The SMILES string of the molecule is O=C(CCN1CCC(OC(=O)Nc2ccccc2-c2ccccc2)CC1)Nc1ccc(CNC[C@H](O)c2ccc(O)c3[nH]c(=O)ccc23)cc1Br. The van der Waals surface area contributed by atoms with Gasteiger partial charge in [0.15, 0.2) is 0 Å². The van der Waals surface area contributed by atoms with Gasteiger partial charge in [0.05, 0.1) is 23.0 Å². The Balaban J connectivity index is 0.906. The summed E-state index contributed by atoms with van der Waals surface area (Å²) >= 11 is 3.56. The summed E-state index contributed by atoms with van der Waals surface area (Å²) in [4.78, 5) is 42.1. The van der Waals surface area contributed by atoms with E-state index in [2.05, 4.69) is 41.8 Å². The highest BCUT2D eigenvalue weighted by molar-refractivity contribution is 9.10. The van der Waals surface area contributed by atoms with E-state index in [0.29, 0.717) is 60.2 Å². The molecule has 1 aliphatic heterocycles. The smallest absolute Gasteiger partial charge is 0.411 e. The summed E-state index contributed by atoms with van der Waals surface area (Å²) in [5, 5.41) is 30.6. The Morgan fingerprint density at radius 2 is 1.69 bits per heavy atom. The maximum Gasteiger partial charge on any atom is 0.411 e. The number of carbonyl (C=O) groups excluding carboxylic acids is 2. The monoisotopic (exact) mass is 753 g/mol. The van der Waals surface area contributed by atoms with Crippen molar-refractivity contribution in [1.29, 1.82) is 0 Å². The number of nitrogens with one attached hydrogen (secondary N) is 4. The van der Waals surface area contributed by atoms with Crippen LogP contribution in [0.25, 0.3) is 22.0 Å². The first kappa shape index (κ1) is 35.8. The molecule has 2 heterocycles. The number of likely N-dealkylation sites (tertiary alicyclic amines) is 1. The van der Waals surface area contributed by atoms with E-state index in [1.807, 2.05) is 72.8 Å². The van der Waals surface area contributed by atoms with Crippen molar-refractivity contribution < 1.29 is 24.5 Å². The van der Waals surface area contributed by atoms with E-state index in [0.717, 1.165) is 34.3 Å². The van der Waals surface area contributed by atoms with E-state index in [9.17, 15) is 24.6 Å². The van der Waals surface area contributed by atoms with Gasteiger partial charge < -0.3 is 35.5 Å². The predicted molar refractivity (Wildman–Crippen MR) is 202 cm³/mol.